The zero-order valence-corrected chi connectivity index (χ0v) is 12.8. The summed E-state index contributed by atoms with van der Waals surface area (Å²) in [6.45, 7) is 0. The van der Waals surface area contributed by atoms with Gasteiger partial charge < -0.3 is 5.32 Å². The number of anilines is 1. The van der Waals surface area contributed by atoms with E-state index < -0.39 is 4.92 Å². The van der Waals surface area contributed by atoms with Gasteiger partial charge in [0.05, 0.1) is 11.0 Å². The summed E-state index contributed by atoms with van der Waals surface area (Å²) in [4.78, 5) is 14.3. The fourth-order valence-electron chi connectivity index (χ4n) is 2.49. The van der Waals surface area contributed by atoms with Crippen molar-refractivity contribution in [3.8, 4) is 6.07 Å². The second-order valence-corrected chi connectivity index (χ2v) is 5.88. The van der Waals surface area contributed by atoms with Crippen molar-refractivity contribution >= 4 is 23.1 Å². The first-order valence-corrected chi connectivity index (χ1v) is 7.54. The number of halogens is 1. The van der Waals surface area contributed by atoms with Gasteiger partial charge in [-0.3, -0.25) is 10.1 Å². The monoisotopic (exact) mass is 328 g/mol. The van der Waals surface area contributed by atoms with Crippen molar-refractivity contribution in [2.24, 2.45) is 5.92 Å². The number of hydrogen-bond acceptors (Lipinski definition) is 5. The van der Waals surface area contributed by atoms with Crippen LogP contribution in [0.5, 0.6) is 0 Å². The maximum Gasteiger partial charge on any atom is 0.305 e. The molecule has 0 radical (unpaired) electrons. The van der Waals surface area contributed by atoms with Crippen molar-refractivity contribution in [2.45, 2.75) is 18.9 Å². The third kappa shape index (κ3) is 3.41. The summed E-state index contributed by atoms with van der Waals surface area (Å²) < 4.78 is 0. The lowest BCUT2D eigenvalue weighted by Gasteiger charge is -2.19. The summed E-state index contributed by atoms with van der Waals surface area (Å²) in [5.74, 6) is 0.942. The highest BCUT2D eigenvalue weighted by atomic mass is 35.5. The standard InChI is InChI=1S/C16H13ClN4O2/c17-12-5-3-11(4-6-12)16(10-1-2-10)20-15-8-7-14(21(22)23)13(9-18)19-15/h3-8,10,16H,1-2H2,(H,19,20). The van der Waals surface area contributed by atoms with Crippen molar-refractivity contribution in [3.63, 3.8) is 0 Å². The van der Waals surface area contributed by atoms with Crippen LogP contribution in [0.1, 0.15) is 30.1 Å². The minimum Gasteiger partial charge on any atom is -0.363 e. The molecule has 1 aliphatic carbocycles. The average molecular weight is 329 g/mol. The molecule has 1 aromatic carbocycles. The number of rotatable bonds is 5. The van der Waals surface area contributed by atoms with Gasteiger partial charge in [0, 0.05) is 11.1 Å². The van der Waals surface area contributed by atoms with Crippen LogP contribution in [0, 0.1) is 27.4 Å². The van der Waals surface area contributed by atoms with E-state index in [1.807, 2.05) is 24.3 Å². The van der Waals surface area contributed by atoms with Gasteiger partial charge in [-0.1, -0.05) is 23.7 Å². The molecule has 116 valence electrons. The van der Waals surface area contributed by atoms with Gasteiger partial charge in [0.15, 0.2) is 0 Å². The lowest BCUT2D eigenvalue weighted by Crippen LogP contribution is -2.14. The van der Waals surface area contributed by atoms with Crippen molar-refractivity contribution in [3.05, 3.63) is 62.8 Å². The van der Waals surface area contributed by atoms with E-state index in [0.717, 1.165) is 18.4 Å². The number of nitro groups is 1. The molecule has 1 atom stereocenters. The van der Waals surface area contributed by atoms with E-state index in [9.17, 15) is 10.1 Å². The smallest absolute Gasteiger partial charge is 0.305 e. The van der Waals surface area contributed by atoms with E-state index in [2.05, 4.69) is 10.3 Å². The molecule has 0 bridgehead atoms. The van der Waals surface area contributed by atoms with E-state index in [1.165, 1.54) is 12.1 Å². The van der Waals surface area contributed by atoms with E-state index in [-0.39, 0.29) is 17.4 Å². The third-order valence-electron chi connectivity index (χ3n) is 3.80. The molecule has 1 saturated carbocycles. The maximum atomic E-state index is 10.9. The zero-order valence-electron chi connectivity index (χ0n) is 12.1. The van der Waals surface area contributed by atoms with E-state index >= 15 is 0 Å². The Kier molecular flexibility index (Phi) is 4.13. The summed E-state index contributed by atoms with van der Waals surface area (Å²) in [7, 11) is 0. The van der Waals surface area contributed by atoms with E-state index in [4.69, 9.17) is 16.9 Å². The molecule has 23 heavy (non-hydrogen) atoms. The van der Waals surface area contributed by atoms with Gasteiger partial charge in [0.1, 0.15) is 11.9 Å². The molecule has 1 aromatic heterocycles. The summed E-state index contributed by atoms with van der Waals surface area (Å²) in [5, 5.41) is 23.9. The molecule has 1 heterocycles. The highest BCUT2D eigenvalue weighted by Crippen LogP contribution is 2.43. The van der Waals surface area contributed by atoms with Crippen LogP contribution in [0.3, 0.4) is 0 Å². The van der Waals surface area contributed by atoms with Gasteiger partial charge >= 0.3 is 5.69 Å². The molecular weight excluding hydrogens is 316 g/mol. The molecule has 0 amide bonds. The van der Waals surface area contributed by atoms with Crippen LogP contribution in [0.4, 0.5) is 11.5 Å². The van der Waals surface area contributed by atoms with Crippen LogP contribution in [0.25, 0.3) is 0 Å². The second kappa shape index (κ2) is 6.23. The molecular formula is C16H13ClN4O2. The number of aromatic nitrogens is 1. The lowest BCUT2D eigenvalue weighted by atomic mass is 10.0. The number of nitrogens with zero attached hydrogens (tertiary/aromatic N) is 3. The van der Waals surface area contributed by atoms with Crippen LogP contribution in [0.2, 0.25) is 5.02 Å². The minimum atomic E-state index is -0.604. The number of pyridine rings is 1. The quantitative estimate of drug-likeness (QED) is 0.659. The van der Waals surface area contributed by atoms with Crippen LogP contribution in [0.15, 0.2) is 36.4 Å². The summed E-state index contributed by atoms with van der Waals surface area (Å²) >= 11 is 5.93. The van der Waals surface area contributed by atoms with Crippen LogP contribution >= 0.6 is 11.6 Å². The first-order chi connectivity index (χ1) is 11.1. The number of hydrogen-bond donors (Lipinski definition) is 1. The Hall–Kier alpha value is -2.65. The van der Waals surface area contributed by atoms with Gasteiger partial charge in [-0.05, 0) is 42.5 Å². The van der Waals surface area contributed by atoms with Crippen molar-refractivity contribution in [2.75, 3.05) is 5.32 Å². The molecule has 6 nitrogen and oxygen atoms in total. The SMILES string of the molecule is N#Cc1nc(NC(c2ccc(Cl)cc2)C2CC2)ccc1[N+](=O)[O-]. The molecule has 7 heteroatoms. The first-order valence-electron chi connectivity index (χ1n) is 7.16. The van der Waals surface area contributed by atoms with E-state index in [0.29, 0.717) is 16.8 Å². The number of nitrogens with one attached hydrogen (secondary N) is 1. The molecule has 1 aliphatic rings. The minimum absolute atomic E-state index is 0.0489. The molecule has 1 fully saturated rings. The summed E-state index contributed by atoms with van der Waals surface area (Å²) in [5.41, 5.74) is 0.605. The van der Waals surface area contributed by atoms with Crippen molar-refractivity contribution in [1.82, 2.24) is 4.98 Å². The first kappa shape index (κ1) is 15.3. The lowest BCUT2D eigenvalue weighted by molar-refractivity contribution is -0.385. The Labute approximate surface area is 137 Å². The van der Waals surface area contributed by atoms with Crippen LogP contribution in [-0.4, -0.2) is 9.91 Å². The molecule has 0 saturated heterocycles. The predicted molar refractivity (Wildman–Crippen MR) is 86.1 cm³/mol. The fraction of sp³-hybridized carbons (Fsp3) is 0.250. The number of nitriles is 1. The highest BCUT2D eigenvalue weighted by molar-refractivity contribution is 6.30. The van der Waals surface area contributed by atoms with Crippen LogP contribution in [-0.2, 0) is 0 Å². The zero-order chi connectivity index (χ0) is 16.4. The normalized spacial score (nSPS) is 14.8. The summed E-state index contributed by atoms with van der Waals surface area (Å²) in [6, 6.07) is 12.2. The van der Waals surface area contributed by atoms with Crippen molar-refractivity contribution < 1.29 is 4.92 Å². The van der Waals surface area contributed by atoms with Gasteiger partial charge in [0.25, 0.3) is 0 Å². The van der Waals surface area contributed by atoms with Gasteiger partial charge in [-0.2, -0.15) is 5.26 Å². The Morgan fingerprint density at radius 3 is 2.57 bits per heavy atom. The van der Waals surface area contributed by atoms with Gasteiger partial charge in [-0.25, -0.2) is 4.98 Å². The molecule has 0 spiro atoms. The largest absolute Gasteiger partial charge is 0.363 e. The highest BCUT2D eigenvalue weighted by Gasteiger charge is 2.32. The van der Waals surface area contributed by atoms with Gasteiger partial charge in [-0.15, -0.1) is 0 Å². The fourth-order valence-corrected chi connectivity index (χ4v) is 2.62. The molecule has 3 rings (SSSR count). The van der Waals surface area contributed by atoms with E-state index in [1.54, 1.807) is 6.07 Å². The third-order valence-corrected chi connectivity index (χ3v) is 4.05. The molecule has 2 aromatic rings. The Balaban J connectivity index is 1.88. The van der Waals surface area contributed by atoms with Gasteiger partial charge in [0.2, 0.25) is 5.69 Å². The molecule has 0 aliphatic heterocycles. The Bertz CT molecular complexity index is 782. The van der Waals surface area contributed by atoms with Crippen molar-refractivity contribution in [1.29, 1.82) is 5.26 Å². The summed E-state index contributed by atoms with van der Waals surface area (Å²) in [6.07, 6.45) is 2.22. The topological polar surface area (TPSA) is 91.8 Å². The second-order valence-electron chi connectivity index (χ2n) is 5.44. The predicted octanol–water partition coefficient (Wildman–Crippen LogP) is 4.08. The Morgan fingerprint density at radius 1 is 1.30 bits per heavy atom. The maximum absolute atomic E-state index is 10.9. The van der Waals surface area contributed by atoms with Crippen LogP contribution < -0.4 is 5.32 Å². The Morgan fingerprint density at radius 2 is 2.00 bits per heavy atom. The molecule has 1 unspecified atom stereocenters. The number of benzene rings is 1. The molecule has 1 N–H and O–H groups in total. The average Bonchev–Trinajstić information content (AvgIpc) is 3.38.